The van der Waals surface area contributed by atoms with Crippen LogP contribution in [0.15, 0.2) is 109 Å². The number of carbonyl (C=O) groups excluding carboxylic acids is 2. The van der Waals surface area contributed by atoms with Crippen LogP contribution >= 0.6 is 0 Å². The average molecular weight is 566 g/mol. The summed E-state index contributed by atoms with van der Waals surface area (Å²) < 4.78 is 12.5. The highest BCUT2D eigenvalue weighted by molar-refractivity contribution is 5.90. The molecule has 42 heavy (non-hydrogen) atoms. The van der Waals surface area contributed by atoms with Crippen molar-refractivity contribution in [2.45, 2.75) is 73.3 Å². The highest BCUT2D eigenvalue weighted by Gasteiger charge is 2.52. The van der Waals surface area contributed by atoms with Gasteiger partial charge in [0.15, 0.2) is 0 Å². The summed E-state index contributed by atoms with van der Waals surface area (Å²) in [5.74, 6) is 0.242. The van der Waals surface area contributed by atoms with Crippen LogP contribution in [0.3, 0.4) is 0 Å². The van der Waals surface area contributed by atoms with Crippen molar-refractivity contribution in [1.82, 2.24) is 4.90 Å². The molecule has 1 heterocycles. The zero-order chi connectivity index (χ0) is 30.5. The minimum absolute atomic E-state index is 0.0461. The average Bonchev–Trinajstić information content (AvgIpc) is 3.07. The summed E-state index contributed by atoms with van der Waals surface area (Å²) in [5.41, 5.74) is 2.00. The third kappa shape index (κ3) is 6.35. The van der Waals surface area contributed by atoms with Crippen LogP contribution < -0.4 is 0 Å². The Balaban J connectivity index is 1.80. The van der Waals surface area contributed by atoms with Gasteiger partial charge in [0.25, 0.3) is 0 Å². The molecular formula is C37H43NO4. The molecule has 0 N–H and O–H groups in total. The van der Waals surface area contributed by atoms with E-state index in [4.69, 9.17) is 9.47 Å². The molecule has 0 aromatic heterocycles. The first-order valence-electron chi connectivity index (χ1n) is 14.8. The first-order valence-corrected chi connectivity index (χ1v) is 14.8. The maximum absolute atomic E-state index is 13.4. The van der Waals surface area contributed by atoms with Gasteiger partial charge in [0.05, 0.1) is 11.1 Å². The molecule has 1 aliphatic rings. The van der Waals surface area contributed by atoms with Crippen LogP contribution in [0.25, 0.3) is 0 Å². The van der Waals surface area contributed by atoms with Gasteiger partial charge in [-0.05, 0) is 53.6 Å². The van der Waals surface area contributed by atoms with Gasteiger partial charge in [-0.1, -0.05) is 109 Å². The van der Waals surface area contributed by atoms with E-state index in [1.165, 1.54) is 5.56 Å². The molecule has 0 spiro atoms. The molecule has 0 unspecified atom stereocenters. The number of hydrogen-bond donors (Lipinski definition) is 0. The van der Waals surface area contributed by atoms with E-state index >= 15 is 0 Å². The molecule has 0 bridgehead atoms. The van der Waals surface area contributed by atoms with E-state index in [1.807, 2.05) is 53.7 Å². The van der Waals surface area contributed by atoms with Crippen LogP contribution in [-0.2, 0) is 21.4 Å². The molecule has 5 heteroatoms. The summed E-state index contributed by atoms with van der Waals surface area (Å²) >= 11 is 0. The lowest BCUT2D eigenvalue weighted by molar-refractivity contribution is 0.00792. The number of rotatable bonds is 8. The number of allylic oxidation sites excluding steroid dienone is 2. The van der Waals surface area contributed by atoms with Gasteiger partial charge in [-0.25, -0.2) is 9.59 Å². The predicted octanol–water partition coefficient (Wildman–Crippen LogP) is 9.03. The topological polar surface area (TPSA) is 55.8 Å². The first kappa shape index (κ1) is 30.8. The van der Waals surface area contributed by atoms with Crippen LogP contribution in [0.4, 0.5) is 0 Å². The van der Waals surface area contributed by atoms with Crippen LogP contribution in [0.5, 0.6) is 0 Å². The second-order valence-electron chi connectivity index (χ2n) is 12.5. The van der Waals surface area contributed by atoms with E-state index in [0.29, 0.717) is 42.0 Å². The minimum Gasteiger partial charge on any atom is -0.425 e. The Morgan fingerprint density at radius 2 is 1.07 bits per heavy atom. The minimum atomic E-state index is -0.667. The maximum atomic E-state index is 13.4. The molecule has 0 fully saturated rings. The maximum Gasteiger partial charge on any atom is 0.343 e. The van der Waals surface area contributed by atoms with Gasteiger partial charge in [-0.15, -0.1) is 0 Å². The van der Waals surface area contributed by atoms with Gasteiger partial charge >= 0.3 is 11.9 Å². The molecule has 2 atom stereocenters. The van der Waals surface area contributed by atoms with Crippen molar-refractivity contribution in [3.63, 3.8) is 0 Å². The molecule has 5 nitrogen and oxygen atoms in total. The van der Waals surface area contributed by atoms with Gasteiger partial charge in [0.1, 0.15) is 11.5 Å². The Labute approximate surface area is 250 Å². The van der Waals surface area contributed by atoms with Gasteiger partial charge in [0, 0.05) is 29.8 Å². The summed E-state index contributed by atoms with van der Waals surface area (Å²) in [7, 11) is 0. The van der Waals surface area contributed by atoms with Gasteiger partial charge in [-0.2, -0.15) is 0 Å². The van der Waals surface area contributed by atoms with Crippen LogP contribution in [-0.4, -0.2) is 16.8 Å². The molecule has 0 amide bonds. The fraction of sp³-hybridized carbons (Fsp3) is 0.351. The number of carbonyl (C=O) groups is 2. The Hall–Kier alpha value is -4.12. The molecule has 4 rings (SSSR count). The van der Waals surface area contributed by atoms with E-state index in [2.05, 4.69) is 72.7 Å². The number of benzene rings is 3. The van der Waals surface area contributed by atoms with Gasteiger partial charge in [0.2, 0.25) is 0 Å². The second kappa shape index (κ2) is 12.4. The second-order valence-corrected chi connectivity index (χ2v) is 12.5. The molecule has 220 valence electrons. The van der Waals surface area contributed by atoms with Crippen molar-refractivity contribution in [3.8, 4) is 0 Å². The van der Waals surface area contributed by atoms with Crippen molar-refractivity contribution >= 4 is 11.9 Å². The number of ether oxygens (including phenoxy) is 2. The van der Waals surface area contributed by atoms with E-state index in [1.54, 1.807) is 24.3 Å². The summed E-state index contributed by atoms with van der Waals surface area (Å²) in [6.07, 6.45) is 5.11. The summed E-state index contributed by atoms with van der Waals surface area (Å²) in [6.45, 7) is 15.4. The quantitative estimate of drug-likeness (QED) is 0.255. The predicted molar refractivity (Wildman–Crippen MR) is 167 cm³/mol. The van der Waals surface area contributed by atoms with Gasteiger partial charge in [-0.3, -0.25) is 0 Å². The molecule has 3 aromatic carbocycles. The standard InChI is InChI=1S/C37H43NO4/c1-8-36(6)31(41-33(39)28-16-12-10-13-17-28)25-38(24-27-20-22-30(23-21-27)35(3,4)5)26-32(37(36,7)9-2)42-34(40)29-18-14-11-15-19-29/h10-23,25-26H,8-9,24H2,1-7H3/t36-,37-/m1/s1. The molecule has 0 aliphatic carbocycles. The molecular weight excluding hydrogens is 522 g/mol. The third-order valence-corrected chi connectivity index (χ3v) is 8.90. The van der Waals surface area contributed by atoms with E-state index < -0.39 is 22.8 Å². The van der Waals surface area contributed by atoms with E-state index in [0.717, 1.165) is 5.56 Å². The van der Waals surface area contributed by atoms with E-state index in [9.17, 15) is 9.59 Å². The van der Waals surface area contributed by atoms with Crippen molar-refractivity contribution in [2.75, 3.05) is 0 Å². The molecule has 1 aliphatic heterocycles. The SMILES string of the molecule is CC[C@]1(C)C(OC(=O)c2ccccc2)=CN(Cc2ccc(C(C)(C)C)cc2)C=C(OC(=O)c2ccccc2)[C@@]1(C)CC. The Morgan fingerprint density at radius 1 is 0.667 bits per heavy atom. The number of esters is 2. The lowest BCUT2D eigenvalue weighted by Gasteiger charge is -2.45. The monoisotopic (exact) mass is 565 g/mol. The van der Waals surface area contributed by atoms with Crippen LogP contribution in [0, 0.1) is 10.8 Å². The molecule has 0 saturated heterocycles. The lowest BCUT2D eigenvalue weighted by atomic mass is 9.60. The van der Waals surface area contributed by atoms with Gasteiger partial charge < -0.3 is 14.4 Å². The van der Waals surface area contributed by atoms with E-state index in [-0.39, 0.29) is 5.41 Å². The number of nitrogens with zero attached hydrogens (tertiary/aromatic N) is 1. The largest absolute Gasteiger partial charge is 0.425 e. The fourth-order valence-electron chi connectivity index (χ4n) is 5.45. The summed E-state index contributed by atoms with van der Waals surface area (Å²) in [6, 6.07) is 26.6. The third-order valence-electron chi connectivity index (χ3n) is 8.90. The zero-order valence-corrected chi connectivity index (χ0v) is 25.9. The first-order chi connectivity index (χ1) is 19.9. The van der Waals surface area contributed by atoms with Crippen LogP contribution in [0.2, 0.25) is 0 Å². The lowest BCUT2D eigenvalue weighted by Crippen LogP contribution is -2.41. The summed E-state index contributed by atoms with van der Waals surface area (Å²) in [5, 5.41) is 0. The normalized spacial score (nSPS) is 20.7. The molecule has 0 saturated carbocycles. The fourth-order valence-corrected chi connectivity index (χ4v) is 5.45. The molecule has 0 radical (unpaired) electrons. The summed E-state index contributed by atoms with van der Waals surface area (Å²) in [4.78, 5) is 28.7. The molecule has 3 aromatic rings. The van der Waals surface area contributed by atoms with Crippen molar-refractivity contribution in [3.05, 3.63) is 131 Å². The van der Waals surface area contributed by atoms with Crippen molar-refractivity contribution < 1.29 is 19.1 Å². The van der Waals surface area contributed by atoms with Crippen molar-refractivity contribution in [1.29, 1.82) is 0 Å². The zero-order valence-electron chi connectivity index (χ0n) is 25.9. The highest BCUT2D eigenvalue weighted by Crippen LogP contribution is 2.56. The number of hydrogen-bond acceptors (Lipinski definition) is 5. The van der Waals surface area contributed by atoms with Crippen molar-refractivity contribution in [2.24, 2.45) is 10.8 Å². The Morgan fingerprint density at radius 3 is 1.43 bits per heavy atom. The smallest absolute Gasteiger partial charge is 0.343 e. The Kier molecular flexibility index (Phi) is 9.10. The highest BCUT2D eigenvalue weighted by atomic mass is 16.5. The van der Waals surface area contributed by atoms with Crippen LogP contribution in [0.1, 0.15) is 93.2 Å². The Bertz CT molecular complexity index is 1370.